The lowest BCUT2D eigenvalue weighted by atomic mass is 10.1. The average Bonchev–Trinajstić information content (AvgIpc) is 2.88. The molecule has 3 rings (SSSR count). The van der Waals surface area contributed by atoms with Crippen molar-refractivity contribution < 1.29 is 9.53 Å². The molecule has 6 heteroatoms. The summed E-state index contributed by atoms with van der Waals surface area (Å²) in [5.41, 5.74) is 1.38. The minimum Gasteiger partial charge on any atom is -0.465 e. The normalized spacial score (nSPS) is 16.2. The number of carbonyl (C=O) groups excluding carboxylic acids is 1. The molecule has 20 heavy (non-hydrogen) atoms. The summed E-state index contributed by atoms with van der Waals surface area (Å²) >= 11 is 1.62. The quantitative estimate of drug-likeness (QED) is 0.849. The highest BCUT2D eigenvalue weighted by atomic mass is 32.1. The van der Waals surface area contributed by atoms with E-state index in [9.17, 15) is 4.79 Å². The van der Waals surface area contributed by atoms with Crippen molar-refractivity contribution in [1.82, 2.24) is 10.3 Å². The van der Waals surface area contributed by atoms with Gasteiger partial charge in [-0.25, -0.2) is 9.78 Å². The third kappa shape index (κ3) is 2.76. The van der Waals surface area contributed by atoms with E-state index in [0.717, 1.165) is 41.3 Å². The number of anilines is 1. The van der Waals surface area contributed by atoms with Crippen molar-refractivity contribution in [3.8, 4) is 0 Å². The van der Waals surface area contributed by atoms with E-state index in [1.54, 1.807) is 23.5 Å². The molecular weight excluding hydrogens is 274 g/mol. The van der Waals surface area contributed by atoms with Crippen molar-refractivity contribution in [2.75, 3.05) is 25.5 Å². The van der Waals surface area contributed by atoms with E-state index in [4.69, 9.17) is 4.74 Å². The number of rotatable bonds is 3. The van der Waals surface area contributed by atoms with Gasteiger partial charge in [-0.2, -0.15) is 0 Å². The second-order valence-electron chi connectivity index (χ2n) is 4.86. The van der Waals surface area contributed by atoms with Gasteiger partial charge in [0.1, 0.15) is 0 Å². The predicted molar refractivity (Wildman–Crippen MR) is 80.5 cm³/mol. The maximum absolute atomic E-state index is 11.5. The molecule has 1 aromatic heterocycles. The van der Waals surface area contributed by atoms with Gasteiger partial charge in [0.05, 0.1) is 22.9 Å². The van der Waals surface area contributed by atoms with Crippen molar-refractivity contribution in [2.45, 2.75) is 18.9 Å². The van der Waals surface area contributed by atoms with Crippen molar-refractivity contribution in [2.24, 2.45) is 0 Å². The Balaban J connectivity index is 1.81. The Kier molecular flexibility index (Phi) is 3.84. The largest absolute Gasteiger partial charge is 0.465 e. The minimum atomic E-state index is -0.326. The van der Waals surface area contributed by atoms with Crippen LogP contribution in [0.1, 0.15) is 23.2 Å². The molecule has 0 radical (unpaired) electrons. The first-order valence-corrected chi connectivity index (χ1v) is 7.54. The van der Waals surface area contributed by atoms with Gasteiger partial charge in [0, 0.05) is 6.04 Å². The van der Waals surface area contributed by atoms with Gasteiger partial charge in [-0.15, -0.1) is 0 Å². The number of nitrogens with zero attached hydrogens (tertiary/aromatic N) is 1. The third-order valence-corrected chi connectivity index (χ3v) is 4.44. The van der Waals surface area contributed by atoms with Gasteiger partial charge in [0.25, 0.3) is 0 Å². The summed E-state index contributed by atoms with van der Waals surface area (Å²) < 4.78 is 5.81. The second-order valence-corrected chi connectivity index (χ2v) is 5.89. The highest BCUT2D eigenvalue weighted by Crippen LogP contribution is 2.28. The van der Waals surface area contributed by atoms with Gasteiger partial charge in [-0.1, -0.05) is 11.3 Å². The highest BCUT2D eigenvalue weighted by Gasteiger charge is 2.15. The molecule has 2 aromatic rings. The van der Waals surface area contributed by atoms with E-state index >= 15 is 0 Å². The fraction of sp³-hybridized carbons (Fsp3) is 0.429. The van der Waals surface area contributed by atoms with Crippen molar-refractivity contribution >= 4 is 32.7 Å². The van der Waals surface area contributed by atoms with Crippen LogP contribution in [0.3, 0.4) is 0 Å². The van der Waals surface area contributed by atoms with Crippen LogP contribution in [0.2, 0.25) is 0 Å². The number of fused-ring (bicyclic) bond motifs is 1. The third-order valence-electron chi connectivity index (χ3n) is 3.48. The number of carbonyl (C=O) groups is 1. The SMILES string of the molecule is COC(=O)c1ccc2sc(NC3CCNCC3)nc2c1. The molecule has 0 amide bonds. The highest BCUT2D eigenvalue weighted by molar-refractivity contribution is 7.22. The number of esters is 1. The summed E-state index contributed by atoms with van der Waals surface area (Å²) in [5.74, 6) is -0.326. The number of piperidine rings is 1. The van der Waals surface area contributed by atoms with Gasteiger partial charge < -0.3 is 15.4 Å². The van der Waals surface area contributed by atoms with Gasteiger partial charge in [-0.05, 0) is 44.1 Å². The Morgan fingerprint density at radius 2 is 2.25 bits per heavy atom. The molecule has 2 heterocycles. The van der Waals surface area contributed by atoms with Gasteiger partial charge in [0.2, 0.25) is 0 Å². The van der Waals surface area contributed by atoms with Crippen LogP contribution in [0.25, 0.3) is 10.2 Å². The molecule has 1 fully saturated rings. The monoisotopic (exact) mass is 291 g/mol. The van der Waals surface area contributed by atoms with Crippen LogP contribution in [0.5, 0.6) is 0 Å². The fourth-order valence-corrected chi connectivity index (χ4v) is 3.30. The van der Waals surface area contributed by atoms with Gasteiger partial charge >= 0.3 is 5.97 Å². The molecule has 5 nitrogen and oxygen atoms in total. The van der Waals surface area contributed by atoms with Gasteiger partial charge in [-0.3, -0.25) is 0 Å². The summed E-state index contributed by atoms with van der Waals surface area (Å²) in [4.78, 5) is 16.1. The molecule has 2 N–H and O–H groups in total. The summed E-state index contributed by atoms with van der Waals surface area (Å²) in [6.45, 7) is 2.10. The Labute approximate surface area is 121 Å². The van der Waals surface area contributed by atoms with Crippen LogP contribution >= 0.6 is 11.3 Å². The van der Waals surface area contributed by atoms with E-state index in [1.807, 2.05) is 6.07 Å². The number of hydrogen-bond donors (Lipinski definition) is 2. The molecule has 0 spiro atoms. The zero-order chi connectivity index (χ0) is 13.9. The molecule has 0 bridgehead atoms. The number of ether oxygens (including phenoxy) is 1. The topological polar surface area (TPSA) is 63.2 Å². The molecule has 1 aliphatic heterocycles. The Hall–Kier alpha value is -1.66. The molecular formula is C14H17N3O2S. The van der Waals surface area contributed by atoms with Crippen LogP contribution in [-0.2, 0) is 4.74 Å². The molecule has 106 valence electrons. The first kappa shape index (κ1) is 13.3. The van der Waals surface area contributed by atoms with Gasteiger partial charge in [0.15, 0.2) is 5.13 Å². The van der Waals surface area contributed by atoms with E-state index in [2.05, 4.69) is 15.6 Å². The Morgan fingerprint density at radius 1 is 1.45 bits per heavy atom. The molecule has 0 aliphatic carbocycles. The van der Waals surface area contributed by atoms with Crippen LogP contribution in [-0.4, -0.2) is 37.2 Å². The summed E-state index contributed by atoms with van der Waals surface area (Å²) in [6.07, 6.45) is 2.23. The maximum Gasteiger partial charge on any atom is 0.337 e. The van der Waals surface area contributed by atoms with Crippen LogP contribution in [0, 0.1) is 0 Å². The van der Waals surface area contributed by atoms with Crippen molar-refractivity contribution in [3.63, 3.8) is 0 Å². The number of aromatic nitrogens is 1. The smallest absolute Gasteiger partial charge is 0.337 e. The first-order chi connectivity index (χ1) is 9.76. The number of benzene rings is 1. The molecule has 1 aromatic carbocycles. The summed E-state index contributed by atoms with van der Waals surface area (Å²) in [5, 5.41) is 7.75. The summed E-state index contributed by atoms with van der Waals surface area (Å²) in [6, 6.07) is 5.97. The predicted octanol–water partition coefficient (Wildman–Crippen LogP) is 2.25. The maximum atomic E-state index is 11.5. The number of hydrogen-bond acceptors (Lipinski definition) is 6. The van der Waals surface area contributed by atoms with E-state index in [0.29, 0.717) is 11.6 Å². The average molecular weight is 291 g/mol. The van der Waals surface area contributed by atoms with E-state index in [1.165, 1.54) is 7.11 Å². The van der Waals surface area contributed by atoms with Crippen molar-refractivity contribution in [1.29, 1.82) is 0 Å². The molecule has 1 aliphatic rings. The molecule has 1 saturated heterocycles. The van der Waals surface area contributed by atoms with Crippen LogP contribution < -0.4 is 10.6 Å². The Morgan fingerprint density at radius 3 is 3.00 bits per heavy atom. The first-order valence-electron chi connectivity index (χ1n) is 6.72. The minimum absolute atomic E-state index is 0.326. The van der Waals surface area contributed by atoms with Crippen LogP contribution in [0.4, 0.5) is 5.13 Å². The lowest BCUT2D eigenvalue weighted by Gasteiger charge is -2.23. The lowest BCUT2D eigenvalue weighted by Crippen LogP contribution is -2.35. The number of nitrogens with one attached hydrogen (secondary N) is 2. The number of methoxy groups -OCH3 is 1. The fourth-order valence-electron chi connectivity index (χ4n) is 2.37. The van der Waals surface area contributed by atoms with E-state index in [-0.39, 0.29) is 5.97 Å². The zero-order valence-corrected chi connectivity index (χ0v) is 12.1. The lowest BCUT2D eigenvalue weighted by molar-refractivity contribution is 0.0601. The number of thiazole rings is 1. The van der Waals surface area contributed by atoms with Crippen LogP contribution in [0.15, 0.2) is 18.2 Å². The standard InChI is InChI=1S/C14H17N3O2S/c1-19-13(18)9-2-3-12-11(8-9)17-14(20-12)16-10-4-6-15-7-5-10/h2-3,8,10,15H,4-7H2,1H3,(H,16,17). The second kappa shape index (κ2) is 5.76. The molecule has 0 saturated carbocycles. The summed E-state index contributed by atoms with van der Waals surface area (Å²) in [7, 11) is 1.39. The van der Waals surface area contributed by atoms with E-state index < -0.39 is 0 Å². The van der Waals surface area contributed by atoms with Crippen molar-refractivity contribution in [3.05, 3.63) is 23.8 Å². The molecule has 0 atom stereocenters. The Bertz CT molecular complexity index is 620. The molecule has 0 unspecified atom stereocenters. The zero-order valence-electron chi connectivity index (χ0n) is 11.3.